The minimum atomic E-state index is -3.74. The molecule has 10 heteroatoms. The number of hydrazine groups is 1. The first-order valence-electron chi connectivity index (χ1n) is 7.75. The van der Waals surface area contributed by atoms with Crippen molar-refractivity contribution in [3.8, 4) is 0 Å². The van der Waals surface area contributed by atoms with Gasteiger partial charge in [-0.05, 0) is 19.1 Å². The molecule has 0 saturated carbocycles. The lowest BCUT2D eigenvalue weighted by molar-refractivity contribution is 0.122. The van der Waals surface area contributed by atoms with E-state index in [0.29, 0.717) is 32.1 Å². The maximum atomic E-state index is 12.3. The maximum absolute atomic E-state index is 12.3. The number of nitrogens with zero attached hydrogens (tertiary/aromatic N) is 3. The van der Waals surface area contributed by atoms with Crippen LogP contribution in [0.4, 0.5) is 17.3 Å². The van der Waals surface area contributed by atoms with Gasteiger partial charge in [-0.15, -0.1) is 4.83 Å². The fourth-order valence-electron chi connectivity index (χ4n) is 2.40. The highest BCUT2D eigenvalue weighted by molar-refractivity contribution is 7.89. The molecule has 0 amide bonds. The van der Waals surface area contributed by atoms with Gasteiger partial charge in [0.2, 0.25) is 0 Å². The van der Waals surface area contributed by atoms with Crippen molar-refractivity contribution in [2.24, 2.45) is 0 Å². The van der Waals surface area contributed by atoms with Crippen molar-refractivity contribution in [3.63, 3.8) is 0 Å². The number of sulfonamides is 1. The molecule has 4 N–H and O–H groups in total. The lowest BCUT2D eigenvalue weighted by Gasteiger charge is -2.28. The van der Waals surface area contributed by atoms with Gasteiger partial charge in [0.15, 0.2) is 11.6 Å². The molecule has 1 fully saturated rings. The van der Waals surface area contributed by atoms with Crippen LogP contribution >= 0.6 is 0 Å². The second kappa shape index (κ2) is 7.21. The highest BCUT2D eigenvalue weighted by Gasteiger charge is 2.19. The van der Waals surface area contributed by atoms with Crippen LogP contribution in [0.25, 0.3) is 0 Å². The molecule has 2 aromatic rings. The van der Waals surface area contributed by atoms with Crippen LogP contribution in [0.3, 0.4) is 0 Å². The van der Waals surface area contributed by atoms with Crippen LogP contribution in [-0.2, 0) is 14.8 Å². The van der Waals surface area contributed by atoms with E-state index in [1.165, 1.54) is 18.5 Å². The highest BCUT2D eigenvalue weighted by atomic mass is 32.2. The molecule has 2 heterocycles. The fraction of sp³-hybridized carbons (Fsp3) is 0.333. The van der Waals surface area contributed by atoms with Gasteiger partial charge in [-0.3, -0.25) is 5.43 Å². The largest absolute Gasteiger partial charge is 0.393 e. The quantitative estimate of drug-likeness (QED) is 0.656. The average Bonchev–Trinajstić information content (AvgIpc) is 2.62. The van der Waals surface area contributed by atoms with Gasteiger partial charge in [-0.2, -0.15) is 0 Å². The molecule has 0 spiro atoms. The van der Waals surface area contributed by atoms with Gasteiger partial charge in [0.1, 0.15) is 12.0 Å². The Balaban J connectivity index is 1.75. The molecule has 25 heavy (non-hydrogen) atoms. The molecule has 1 aliphatic heterocycles. The number of anilines is 3. The SMILES string of the molecule is Cc1ccc(S(=O)(=O)NNc2ncnc(N3CCOCC3)c2N)cc1. The summed E-state index contributed by atoms with van der Waals surface area (Å²) in [6, 6.07) is 6.51. The number of aromatic nitrogens is 2. The lowest BCUT2D eigenvalue weighted by Crippen LogP contribution is -2.37. The van der Waals surface area contributed by atoms with Crippen molar-refractivity contribution >= 4 is 27.3 Å². The van der Waals surface area contributed by atoms with Gasteiger partial charge in [-0.1, -0.05) is 17.7 Å². The summed E-state index contributed by atoms with van der Waals surface area (Å²) < 4.78 is 30.0. The molecule has 3 rings (SSSR count). The summed E-state index contributed by atoms with van der Waals surface area (Å²) in [7, 11) is -3.74. The standard InChI is InChI=1S/C15H20N6O3S/c1-11-2-4-12(5-3-11)25(22,23)20-19-14-13(16)15(18-10-17-14)21-6-8-24-9-7-21/h2-5,10,20H,6-9,16H2,1H3,(H,17,18,19). The van der Waals surface area contributed by atoms with Gasteiger partial charge in [-0.25, -0.2) is 18.4 Å². The molecular formula is C15H20N6O3S. The van der Waals surface area contributed by atoms with Crippen molar-refractivity contribution < 1.29 is 13.2 Å². The van der Waals surface area contributed by atoms with Crippen LogP contribution in [0.2, 0.25) is 0 Å². The number of benzene rings is 1. The van der Waals surface area contributed by atoms with Crippen molar-refractivity contribution in [2.45, 2.75) is 11.8 Å². The van der Waals surface area contributed by atoms with Crippen LogP contribution in [0.15, 0.2) is 35.5 Å². The number of nitrogen functional groups attached to an aromatic ring is 1. The fourth-order valence-corrected chi connectivity index (χ4v) is 3.25. The summed E-state index contributed by atoms with van der Waals surface area (Å²) in [6.45, 7) is 4.39. The monoisotopic (exact) mass is 364 g/mol. The molecule has 0 bridgehead atoms. The minimum absolute atomic E-state index is 0.145. The number of nitrogens with two attached hydrogens (primary N) is 1. The van der Waals surface area contributed by atoms with Crippen LogP contribution in [0, 0.1) is 6.92 Å². The maximum Gasteiger partial charge on any atom is 0.257 e. The van der Waals surface area contributed by atoms with Gasteiger partial charge >= 0.3 is 0 Å². The number of hydrogen-bond donors (Lipinski definition) is 3. The molecule has 1 aromatic carbocycles. The number of hydrogen-bond acceptors (Lipinski definition) is 8. The number of nitrogens with one attached hydrogen (secondary N) is 2. The first-order valence-corrected chi connectivity index (χ1v) is 9.23. The van der Waals surface area contributed by atoms with Gasteiger partial charge in [0.05, 0.1) is 18.1 Å². The number of ether oxygens (including phenoxy) is 1. The van der Waals surface area contributed by atoms with E-state index < -0.39 is 10.0 Å². The topological polar surface area (TPSA) is 122 Å². The Bertz CT molecular complexity index is 835. The Morgan fingerprint density at radius 1 is 1.16 bits per heavy atom. The Labute approximate surface area is 146 Å². The molecule has 1 aromatic heterocycles. The van der Waals surface area contributed by atoms with Gasteiger partial charge in [0.25, 0.3) is 10.0 Å². The number of aryl methyl sites for hydroxylation is 1. The van der Waals surface area contributed by atoms with Gasteiger partial charge in [0, 0.05) is 13.1 Å². The third-order valence-corrected chi connectivity index (χ3v) is 5.07. The molecule has 9 nitrogen and oxygen atoms in total. The van der Waals surface area contributed by atoms with E-state index in [1.54, 1.807) is 12.1 Å². The van der Waals surface area contributed by atoms with E-state index in [2.05, 4.69) is 20.2 Å². The molecule has 0 radical (unpaired) electrons. The summed E-state index contributed by atoms with van der Waals surface area (Å²) in [6.07, 6.45) is 1.34. The molecule has 1 saturated heterocycles. The molecular weight excluding hydrogens is 344 g/mol. The van der Waals surface area contributed by atoms with E-state index in [-0.39, 0.29) is 16.4 Å². The predicted octanol–water partition coefficient (Wildman–Crippen LogP) is 0.509. The van der Waals surface area contributed by atoms with E-state index in [0.717, 1.165) is 5.56 Å². The molecule has 0 unspecified atom stereocenters. The first kappa shape index (κ1) is 17.4. The highest BCUT2D eigenvalue weighted by Crippen LogP contribution is 2.26. The van der Waals surface area contributed by atoms with E-state index in [4.69, 9.17) is 10.5 Å². The average molecular weight is 364 g/mol. The summed E-state index contributed by atoms with van der Waals surface area (Å²) in [5.41, 5.74) is 9.92. The molecule has 1 aliphatic rings. The second-order valence-corrected chi connectivity index (χ2v) is 7.28. The summed E-state index contributed by atoms with van der Waals surface area (Å²) in [4.78, 5) is 12.6. The third kappa shape index (κ3) is 3.98. The Morgan fingerprint density at radius 2 is 1.84 bits per heavy atom. The Kier molecular flexibility index (Phi) is 5.02. The normalized spacial score (nSPS) is 15.2. The van der Waals surface area contributed by atoms with Crippen molar-refractivity contribution in [1.29, 1.82) is 0 Å². The summed E-state index contributed by atoms with van der Waals surface area (Å²) in [5.74, 6) is 0.752. The lowest BCUT2D eigenvalue weighted by atomic mass is 10.2. The first-order chi connectivity index (χ1) is 12.0. The zero-order valence-corrected chi connectivity index (χ0v) is 14.6. The van der Waals surface area contributed by atoms with Crippen LogP contribution < -0.4 is 20.9 Å². The third-order valence-electron chi connectivity index (χ3n) is 3.81. The summed E-state index contributed by atoms with van der Waals surface area (Å²) >= 11 is 0. The zero-order valence-electron chi connectivity index (χ0n) is 13.8. The Morgan fingerprint density at radius 3 is 2.52 bits per heavy atom. The predicted molar refractivity (Wildman–Crippen MR) is 94.6 cm³/mol. The zero-order chi connectivity index (χ0) is 17.9. The number of morpholine rings is 1. The van der Waals surface area contributed by atoms with Crippen molar-refractivity contribution in [3.05, 3.63) is 36.2 Å². The van der Waals surface area contributed by atoms with Crippen LogP contribution in [0.1, 0.15) is 5.56 Å². The molecule has 0 atom stereocenters. The van der Waals surface area contributed by atoms with Crippen molar-refractivity contribution in [2.75, 3.05) is 42.4 Å². The smallest absolute Gasteiger partial charge is 0.257 e. The molecule has 0 aliphatic carbocycles. The molecule has 134 valence electrons. The summed E-state index contributed by atoms with van der Waals surface area (Å²) in [5, 5.41) is 0. The minimum Gasteiger partial charge on any atom is -0.393 e. The number of rotatable bonds is 5. The van der Waals surface area contributed by atoms with Crippen molar-refractivity contribution in [1.82, 2.24) is 14.8 Å². The van der Waals surface area contributed by atoms with E-state index in [1.807, 2.05) is 11.8 Å². The Hall–Kier alpha value is -2.43. The second-order valence-electron chi connectivity index (χ2n) is 5.60. The van der Waals surface area contributed by atoms with Crippen LogP contribution in [-0.4, -0.2) is 44.7 Å². The van der Waals surface area contributed by atoms with Gasteiger partial charge < -0.3 is 15.4 Å². The van der Waals surface area contributed by atoms with Crippen LogP contribution in [0.5, 0.6) is 0 Å². The van der Waals surface area contributed by atoms with E-state index in [9.17, 15) is 8.42 Å². The van der Waals surface area contributed by atoms with E-state index >= 15 is 0 Å².